The first kappa shape index (κ1) is 14.4. The van der Waals surface area contributed by atoms with Crippen LogP contribution in [0.1, 0.15) is 49.8 Å². The number of rotatable bonds is 5. The smallest absolute Gasteiger partial charge is 0.123 e. The molecule has 0 spiro atoms. The van der Waals surface area contributed by atoms with Gasteiger partial charge in [-0.3, -0.25) is 4.90 Å². The van der Waals surface area contributed by atoms with Crippen molar-refractivity contribution in [2.75, 3.05) is 26.8 Å². The van der Waals surface area contributed by atoms with Crippen LogP contribution in [0, 0.1) is 0 Å². The molecule has 1 aliphatic rings. The van der Waals surface area contributed by atoms with Crippen LogP contribution in [0.2, 0.25) is 0 Å². The molecule has 1 aromatic rings. The number of aliphatic hydroxyl groups is 1. The first-order valence-electron chi connectivity index (χ1n) is 7.20. The average molecular weight is 263 g/mol. The van der Waals surface area contributed by atoms with E-state index in [1.807, 2.05) is 6.07 Å². The van der Waals surface area contributed by atoms with E-state index < -0.39 is 0 Å². The molecule has 1 aromatic carbocycles. The van der Waals surface area contributed by atoms with Crippen molar-refractivity contribution in [3.8, 4) is 5.75 Å². The topological polar surface area (TPSA) is 32.7 Å². The third kappa shape index (κ3) is 3.10. The van der Waals surface area contributed by atoms with Gasteiger partial charge in [0.05, 0.1) is 19.8 Å². The van der Waals surface area contributed by atoms with E-state index in [2.05, 4.69) is 30.9 Å². The lowest BCUT2D eigenvalue weighted by Gasteiger charge is -2.28. The van der Waals surface area contributed by atoms with Crippen LogP contribution in [-0.4, -0.2) is 36.8 Å². The van der Waals surface area contributed by atoms with Gasteiger partial charge in [-0.25, -0.2) is 0 Å². The van der Waals surface area contributed by atoms with E-state index >= 15 is 0 Å². The molecule has 0 aromatic heterocycles. The summed E-state index contributed by atoms with van der Waals surface area (Å²) in [6.07, 6.45) is 2.45. The summed E-state index contributed by atoms with van der Waals surface area (Å²) in [4.78, 5) is 2.36. The van der Waals surface area contributed by atoms with Crippen LogP contribution >= 0.6 is 0 Å². The highest BCUT2D eigenvalue weighted by atomic mass is 16.5. The molecular weight excluding hydrogens is 238 g/mol. The second-order valence-electron chi connectivity index (χ2n) is 5.60. The molecule has 3 heteroatoms. The summed E-state index contributed by atoms with van der Waals surface area (Å²) in [6.45, 7) is 6.67. The number of hydrogen-bond acceptors (Lipinski definition) is 3. The van der Waals surface area contributed by atoms with E-state index in [-0.39, 0.29) is 12.6 Å². The maximum absolute atomic E-state index is 9.79. The predicted octanol–water partition coefficient (Wildman–Crippen LogP) is 2.95. The van der Waals surface area contributed by atoms with Gasteiger partial charge in [-0.15, -0.1) is 0 Å². The summed E-state index contributed by atoms with van der Waals surface area (Å²) in [6, 6.07) is 6.41. The minimum absolute atomic E-state index is 0.0659. The third-order valence-corrected chi connectivity index (χ3v) is 4.03. The van der Waals surface area contributed by atoms with Gasteiger partial charge in [0.2, 0.25) is 0 Å². The molecule has 0 aliphatic carbocycles. The maximum Gasteiger partial charge on any atom is 0.123 e. The van der Waals surface area contributed by atoms with E-state index in [1.165, 1.54) is 18.4 Å². The minimum atomic E-state index is 0.0659. The number of hydrogen-bond donors (Lipinski definition) is 1. The lowest BCUT2D eigenvalue weighted by molar-refractivity contribution is 0.144. The molecule has 0 amide bonds. The number of methoxy groups -OCH3 is 1. The Bertz CT molecular complexity index is 411. The molecule has 106 valence electrons. The summed E-state index contributed by atoms with van der Waals surface area (Å²) in [5.41, 5.74) is 2.42. The van der Waals surface area contributed by atoms with Crippen LogP contribution in [0.25, 0.3) is 0 Å². The van der Waals surface area contributed by atoms with Gasteiger partial charge in [-0.1, -0.05) is 26.0 Å². The summed E-state index contributed by atoms with van der Waals surface area (Å²) in [7, 11) is 1.70. The van der Waals surface area contributed by atoms with E-state index in [0.717, 1.165) is 24.4 Å². The highest BCUT2D eigenvalue weighted by Gasteiger charge is 2.25. The molecule has 1 unspecified atom stereocenters. The van der Waals surface area contributed by atoms with Crippen molar-refractivity contribution in [1.29, 1.82) is 0 Å². The van der Waals surface area contributed by atoms with Crippen LogP contribution in [0.15, 0.2) is 18.2 Å². The second-order valence-corrected chi connectivity index (χ2v) is 5.60. The normalized spacial score (nSPS) is 17.9. The number of aliphatic hydroxyl groups excluding tert-OH is 1. The van der Waals surface area contributed by atoms with Gasteiger partial charge in [0, 0.05) is 5.56 Å². The van der Waals surface area contributed by atoms with Crippen LogP contribution in [0.5, 0.6) is 5.75 Å². The first-order valence-corrected chi connectivity index (χ1v) is 7.20. The van der Waals surface area contributed by atoms with Crippen molar-refractivity contribution >= 4 is 0 Å². The Morgan fingerprint density at radius 1 is 1.26 bits per heavy atom. The zero-order valence-electron chi connectivity index (χ0n) is 12.2. The van der Waals surface area contributed by atoms with E-state index in [4.69, 9.17) is 4.74 Å². The van der Waals surface area contributed by atoms with Gasteiger partial charge in [0.15, 0.2) is 0 Å². The molecule has 1 heterocycles. The summed E-state index contributed by atoms with van der Waals surface area (Å²) in [5, 5.41) is 9.79. The van der Waals surface area contributed by atoms with E-state index in [9.17, 15) is 5.11 Å². The Balaban J connectivity index is 2.35. The van der Waals surface area contributed by atoms with Crippen LogP contribution in [-0.2, 0) is 0 Å². The number of nitrogens with zero attached hydrogens (tertiary/aromatic N) is 1. The van der Waals surface area contributed by atoms with Crippen molar-refractivity contribution in [1.82, 2.24) is 4.90 Å². The Morgan fingerprint density at radius 2 is 1.95 bits per heavy atom. The fourth-order valence-corrected chi connectivity index (χ4v) is 2.84. The van der Waals surface area contributed by atoms with E-state index in [1.54, 1.807) is 7.11 Å². The van der Waals surface area contributed by atoms with Gasteiger partial charge in [0.1, 0.15) is 5.75 Å². The molecular formula is C16H25NO2. The van der Waals surface area contributed by atoms with Crippen LogP contribution in [0.4, 0.5) is 0 Å². The Kier molecular flexibility index (Phi) is 4.83. The standard InChI is InChI=1S/C16H25NO2/c1-12(2)13-6-7-16(19-3)14(10-13)15(11-18)17-8-4-5-9-17/h6-7,10,12,15,18H,4-5,8-9,11H2,1-3H3. The van der Waals surface area contributed by atoms with Gasteiger partial charge < -0.3 is 9.84 Å². The molecule has 0 saturated carbocycles. The van der Waals surface area contributed by atoms with Gasteiger partial charge >= 0.3 is 0 Å². The quantitative estimate of drug-likeness (QED) is 0.886. The lowest BCUT2D eigenvalue weighted by atomic mass is 9.96. The molecule has 1 fully saturated rings. The number of ether oxygens (including phenoxy) is 1. The SMILES string of the molecule is COc1ccc(C(C)C)cc1C(CO)N1CCCC1. The fourth-order valence-electron chi connectivity index (χ4n) is 2.84. The minimum Gasteiger partial charge on any atom is -0.496 e. The van der Waals surface area contributed by atoms with Gasteiger partial charge in [-0.05, 0) is 43.5 Å². The molecule has 2 rings (SSSR count). The highest BCUT2D eigenvalue weighted by molar-refractivity contribution is 5.40. The maximum atomic E-state index is 9.79. The molecule has 1 N–H and O–H groups in total. The largest absolute Gasteiger partial charge is 0.496 e. The van der Waals surface area contributed by atoms with Gasteiger partial charge in [0.25, 0.3) is 0 Å². The molecule has 0 bridgehead atoms. The second kappa shape index (κ2) is 6.40. The molecule has 1 aliphatic heterocycles. The Morgan fingerprint density at radius 3 is 2.47 bits per heavy atom. The molecule has 1 atom stereocenters. The Hall–Kier alpha value is -1.06. The van der Waals surface area contributed by atoms with Crippen molar-refractivity contribution in [2.24, 2.45) is 0 Å². The monoisotopic (exact) mass is 263 g/mol. The Labute approximate surface area is 116 Å². The number of benzene rings is 1. The summed E-state index contributed by atoms with van der Waals surface area (Å²) in [5.74, 6) is 1.37. The zero-order chi connectivity index (χ0) is 13.8. The van der Waals surface area contributed by atoms with Crippen molar-refractivity contribution in [3.05, 3.63) is 29.3 Å². The van der Waals surface area contributed by atoms with E-state index in [0.29, 0.717) is 5.92 Å². The molecule has 19 heavy (non-hydrogen) atoms. The fraction of sp³-hybridized carbons (Fsp3) is 0.625. The molecule has 1 saturated heterocycles. The molecule has 3 nitrogen and oxygen atoms in total. The lowest BCUT2D eigenvalue weighted by Crippen LogP contribution is -2.28. The first-order chi connectivity index (χ1) is 9.17. The van der Waals surface area contributed by atoms with Gasteiger partial charge in [-0.2, -0.15) is 0 Å². The number of likely N-dealkylation sites (tertiary alicyclic amines) is 1. The summed E-state index contributed by atoms with van der Waals surface area (Å²) >= 11 is 0. The van der Waals surface area contributed by atoms with Crippen molar-refractivity contribution in [2.45, 2.75) is 38.6 Å². The van der Waals surface area contributed by atoms with Crippen LogP contribution < -0.4 is 4.74 Å². The predicted molar refractivity (Wildman–Crippen MR) is 77.7 cm³/mol. The average Bonchev–Trinajstić information content (AvgIpc) is 2.93. The zero-order valence-corrected chi connectivity index (χ0v) is 12.2. The highest BCUT2D eigenvalue weighted by Crippen LogP contribution is 2.33. The van der Waals surface area contributed by atoms with Crippen molar-refractivity contribution in [3.63, 3.8) is 0 Å². The molecule has 0 radical (unpaired) electrons. The summed E-state index contributed by atoms with van der Waals surface area (Å²) < 4.78 is 5.48. The van der Waals surface area contributed by atoms with Crippen molar-refractivity contribution < 1.29 is 9.84 Å². The van der Waals surface area contributed by atoms with Crippen LogP contribution in [0.3, 0.4) is 0 Å². The third-order valence-electron chi connectivity index (χ3n) is 4.03.